The number of methoxy groups -OCH3 is 2. The van der Waals surface area contributed by atoms with Gasteiger partial charge in [-0.2, -0.15) is 0 Å². The van der Waals surface area contributed by atoms with Crippen LogP contribution < -0.4 is 5.32 Å². The minimum absolute atomic E-state index is 0.00398. The van der Waals surface area contributed by atoms with Gasteiger partial charge in [-0.1, -0.05) is 0 Å². The van der Waals surface area contributed by atoms with Crippen molar-refractivity contribution in [3.63, 3.8) is 0 Å². The summed E-state index contributed by atoms with van der Waals surface area (Å²) in [5.41, 5.74) is -2.19. The van der Waals surface area contributed by atoms with E-state index in [2.05, 4.69) is 14.8 Å². The SMILES string of the molecule is COC(=O)C(O)(CC[C@H]1CCCN1)C(=O)OC. The molecule has 0 saturated carbocycles. The van der Waals surface area contributed by atoms with E-state index in [1.54, 1.807) is 0 Å². The molecule has 1 aliphatic heterocycles. The lowest BCUT2D eigenvalue weighted by atomic mass is 9.94. The van der Waals surface area contributed by atoms with E-state index < -0.39 is 17.5 Å². The third kappa shape index (κ3) is 3.17. The molecule has 0 aromatic carbocycles. The van der Waals surface area contributed by atoms with Crippen molar-refractivity contribution >= 4 is 11.9 Å². The van der Waals surface area contributed by atoms with Gasteiger partial charge in [0, 0.05) is 6.04 Å². The van der Waals surface area contributed by atoms with Crippen LogP contribution in [0.1, 0.15) is 25.7 Å². The number of rotatable bonds is 5. The standard InChI is InChI=1S/C11H19NO5/c1-16-9(13)11(15,10(14)17-2)6-5-8-4-3-7-12-8/h8,12,15H,3-7H2,1-2H3/t8-/m1/s1. The Morgan fingerprint density at radius 1 is 1.35 bits per heavy atom. The third-order valence-corrected chi connectivity index (χ3v) is 3.06. The van der Waals surface area contributed by atoms with Crippen molar-refractivity contribution in [2.75, 3.05) is 20.8 Å². The van der Waals surface area contributed by atoms with Crippen LogP contribution in [-0.2, 0) is 19.1 Å². The molecule has 0 aromatic rings. The summed E-state index contributed by atoms with van der Waals surface area (Å²) < 4.78 is 8.89. The van der Waals surface area contributed by atoms with Gasteiger partial charge in [0.1, 0.15) is 0 Å². The maximum absolute atomic E-state index is 11.4. The van der Waals surface area contributed by atoms with Crippen molar-refractivity contribution in [3.05, 3.63) is 0 Å². The summed E-state index contributed by atoms with van der Waals surface area (Å²) in [5, 5.41) is 13.3. The van der Waals surface area contributed by atoms with Gasteiger partial charge in [-0.25, -0.2) is 9.59 Å². The first-order chi connectivity index (χ1) is 8.04. The Balaban J connectivity index is 2.62. The van der Waals surface area contributed by atoms with Crippen LogP contribution in [0.4, 0.5) is 0 Å². The smallest absolute Gasteiger partial charge is 0.349 e. The van der Waals surface area contributed by atoms with Crippen molar-refractivity contribution in [1.29, 1.82) is 0 Å². The molecular formula is C11H19NO5. The molecule has 17 heavy (non-hydrogen) atoms. The first kappa shape index (κ1) is 13.9. The van der Waals surface area contributed by atoms with Crippen LogP contribution in [0.5, 0.6) is 0 Å². The highest BCUT2D eigenvalue weighted by molar-refractivity contribution is 6.03. The lowest BCUT2D eigenvalue weighted by molar-refractivity contribution is -0.181. The van der Waals surface area contributed by atoms with Gasteiger partial charge in [0.2, 0.25) is 0 Å². The van der Waals surface area contributed by atoms with Gasteiger partial charge in [-0.3, -0.25) is 0 Å². The molecule has 2 N–H and O–H groups in total. The molecule has 0 aromatic heterocycles. The van der Waals surface area contributed by atoms with Crippen molar-refractivity contribution in [1.82, 2.24) is 5.32 Å². The number of carbonyl (C=O) groups excluding carboxylic acids is 2. The van der Waals surface area contributed by atoms with E-state index in [1.807, 2.05) is 0 Å². The highest BCUT2D eigenvalue weighted by Crippen LogP contribution is 2.21. The molecule has 0 aliphatic carbocycles. The second-order valence-corrected chi connectivity index (χ2v) is 4.18. The zero-order valence-electron chi connectivity index (χ0n) is 10.2. The van der Waals surface area contributed by atoms with Gasteiger partial charge in [0.15, 0.2) is 0 Å². The minimum atomic E-state index is -2.19. The Morgan fingerprint density at radius 3 is 2.35 bits per heavy atom. The third-order valence-electron chi connectivity index (χ3n) is 3.06. The van der Waals surface area contributed by atoms with E-state index in [9.17, 15) is 14.7 Å². The summed E-state index contributed by atoms with van der Waals surface area (Å²) in [5.74, 6) is -1.94. The minimum Gasteiger partial charge on any atom is -0.466 e. The van der Waals surface area contributed by atoms with E-state index in [-0.39, 0.29) is 12.5 Å². The fourth-order valence-corrected chi connectivity index (χ4v) is 2.01. The van der Waals surface area contributed by atoms with Crippen molar-refractivity contribution in [3.8, 4) is 0 Å². The van der Waals surface area contributed by atoms with E-state index in [1.165, 1.54) is 0 Å². The Kier molecular flexibility index (Phi) is 4.89. The van der Waals surface area contributed by atoms with Gasteiger partial charge < -0.3 is 19.9 Å². The summed E-state index contributed by atoms with van der Waals surface area (Å²) in [6, 6.07) is 0.232. The highest BCUT2D eigenvalue weighted by atomic mass is 16.6. The molecule has 0 radical (unpaired) electrons. The Morgan fingerprint density at radius 2 is 1.94 bits per heavy atom. The summed E-state index contributed by atoms with van der Waals surface area (Å²) in [4.78, 5) is 22.9. The van der Waals surface area contributed by atoms with Crippen LogP contribution >= 0.6 is 0 Å². The Hall–Kier alpha value is -1.14. The van der Waals surface area contributed by atoms with Crippen LogP contribution in [0, 0.1) is 0 Å². The number of ether oxygens (including phenoxy) is 2. The largest absolute Gasteiger partial charge is 0.466 e. The molecule has 0 bridgehead atoms. The predicted molar refractivity (Wildman–Crippen MR) is 59.2 cm³/mol. The van der Waals surface area contributed by atoms with Crippen LogP contribution in [0.3, 0.4) is 0 Å². The van der Waals surface area contributed by atoms with Gasteiger partial charge in [-0.15, -0.1) is 0 Å². The first-order valence-corrected chi connectivity index (χ1v) is 5.67. The Labute approximate surface area is 100 Å². The molecule has 1 atom stereocenters. The van der Waals surface area contributed by atoms with E-state index >= 15 is 0 Å². The fourth-order valence-electron chi connectivity index (χ4n) is 2.01. The molecule has 1 aliphatic rings. The van der Waals surface area contributed by atoms with Gasteiger partial charge in [-0.05, 0) is 32.2 Å². The Bertz CT molecular complexity index is 270. The summed E-state index contributed by atoms with van der Waals surface area (Å²) >= 11 is 0. The molecular weight excluding hydrogens is 226 g/mol. The van der Waals surface area contributed by atoms with Gasteiger partial charge >= 0.3 is 11.9 Å². The van der Waals surface area contributed by atoms with Crippen LogP contribution in [0.2, 0.25) is 0 Å². The van der Waals surface area contributed by atoms with E-state index in [0.717, 1.165) is 33.6 Å². The van der Waals surface area contributed by atoms with Crippen LogP contribution in [0.15, 0.2) is 0 Å². The first-order valence-electron chi connectivity index (χ1n) is 5.67. The predicted octanol–water partition coefficient (Wildman–Crippen LogP) is -0.404. The van der Waals surface area contributed by atoms with Crippen LogP contribution in [-0.4, -0.2) is 49.5 Å². The molecule has 0 amide bonds. The van der Waals surface area contributed by atoms with E-state index in [4.69, 9.17) is 0 Å². The van der Waals surface area contributed by atoms with Crippen LogP contribution in [0.25, 0.3) is 0 Å². The maximum atomic E-state index is 11.4. The number of hydrogen-bond donors (Lipinski definition) is 2. The molecule has 1 heterocycles. The lowest BCUT2D eigenvalue weighted by Crippen LogP contribution is -2.49. The summed E-state index contributed by atoms with van der Waals surface area (Å²) in [6.07, 6.45) is 2.59. The van der Waals surface area contributed by atoms with Gasteiger partial charge in [0.25, 0.3) is 5.60 Å². The average molecular weight is 245 g/mol. The zero-order valence-corrected chi connectivity index (χ0v) is 10.2. The lowest BCUT2D eigenvalue weighted by Gasteiger charge is -2.23. The quantitative estimate of drug-likeness (QED) is 0.506. The highest BCUT2D eigenvalue weighted by Gasteiger charge is 2.46. The van der Waals surface area contributed by atoms with E-state index in [0.29, 0.717) is 6.42 Å². The monoisotopic (exact) mass is 245 g/mol. The number of nitrogens with one attached hydrogen (secondary N) is 1. The normalized spacial score (nSPS) is 20.1. The van der Waals surface area contributed by atoms with Gasteiger partial charge in [0.05, 0.1) is 14.2 Å². The molecule has 1 saturated heterocycles. The zero-order chi connectivity index (χ0) is 12.9. The topological polar surface area (TPSA) is 84.9 Å². The van der Waals surface area contributed by atoms with Crippen molar-refractivity contribution in [2.45, 2.75) is 37.3 Å². The second kappa shape index (κ2) is 5.97. The number of carbonyl (C=O) groups is 2. The fraction of sp³-hybridized carbons (Fsp3) is 0.818. The summed E-state index contributed by atoms with van der Waals surface area (Å²) in [7, 11) is 2.26. The average Bonchev–Trinajstić information content (AvgIpc) is 2.86. The molecule has 6 heteroatoms. The molecule has 0 spiro atoms. The van der Waals surface area contributed by atoms with Crippen molar-refractivity contribution in [2.24, 2.45) is 0 Å². The maximum Gasteiger partial charge on any atom is 0.349 e. The number of aliphatic hydroxyl groups is 1. The number of hydrogen-bond acceptors (Lipinski definition) is 6. The molecule has 1 fully saturated rings. The second-order valence-electron chi connectivity index (χ2n) is 4.18. The van der Waals surface area contributed by atoms with Crippen molar-refractivity contribution < 1.29 is 24.2 Å². The summed E-state index contributed by atoms with van der Waals surface area (Å²) in [6.45, 7) is 0.930. The molecule has 6 nitrogen and oxygen atoms in total. The molecule has 98 valence electrons. The molecule has 1 rings (SSSR count). The number of esters is 2. The molecule has 0 unspecified atom stereocenters.